The second-order valence-electron chi connectivity index (χ2n) is 8.22. The molecule has 3 radical (unpaired) electrons. The summed E-state index contributed by atoms with van der Waals surface area (Å²) in [6.07, 6.45) is 1.84. The Morgan fingerprint density at radius 2 is 2.00 bits per heavy atom. The van der Waals surface area contributed by atoms with Crippen LogP contribution in [0, 0.1) is 11.6 Å². The summed E-state index contributed by atoms with van der Waals surface area (Å²) in [5.74, 6) is -0.482. The van der Waals surface area contributed by atoms with Gasteiger partial charge in [-0.05, 0) is 30.7 Å². The third-order valence-electron chi connectivity index (χ3n) is 5.54. The number of ether oxygens (including phenoxy) is 1. The third kappa shape index (κ3) is 4.01. The number of aromatic nitrogens is 3. The Labute approximate surface area is 196 Å². The summed E-state index contributed by atoms with van der Waals surface area (Å²) >= 11 is 0. The number of carbonyl (C=O) groups is 1. The summed E-state index contributed by atoms with van der Waals surface area (Å²) < 4.78 is 35.0. The molecule has 4 heterocycles. The van der Waals surface area contributed by atoms with Crippen molar-refractivity contribution in [2.45, 2.75) is 24.9 Å². The van der Waals surface area contributed by atoms with Crippen LogP contribution in [-0.2, 0) is 6.54 Å². The van der Waals surface area contributed by atoms with Crippen molar-refractivity contribution in [2.24, 2.45) is 5.73 Å². The van der Waals surface area contributed by atoms with E-state index >= 15 is 0 Å². The predicted molar refractivity (Wildman–Crippen MR) is 121 cm³/mol. The van der Waals surface area contributed by atoms with Crippen LogP contribution in [0.5, 0.6) is 5.88 Å². The Kier molecular flexibility index (Phi) is 5.33. The molecule has 34 heavy (non-hydrogen) atoms. The fourth-order valence-electron chi connectivity index (χ4n) is 3.90. The minimum Gasteiger partial charge on any atom is -0.474 e. The lowest BCUT2D eigenvalue weighted by molar-refractivity contribution is 0.0912. The highest BCUT2D eigenvalue weighted by molar-refractivity contribution is 6.15. The molecule has 0 spiro atoms. The van der Waals surface area contributed by atoms with E-state index in [2.05, 4.69) is 36.3 Å². The molecule has 2 aliphatic heterocycles. The Bertz CT molecular complexity index is 1310. The smallest absolute Gasteiger partial charge is 0.256 e. The molecule has 0 saturated heterocycles. The van der Waals surface area contributed by atoms with Crippen LogP contribution in [0.4, 0.5) is 14.6 Å². The zero-order valence-electron chi connectivity index (χ0n) is 18.0. The molecular formula is C22H20F2N7O2Si. The number of amides is 1. The van der Waals surface area contributed by atoms with Crippen molar-refractivity contribution in [3.8, 4) is 5.88 Å². The van der Waals surface area contributed by atoms with Crippen molar-refractivity contribution in [3.63, 3.8) is 0 Å². The van der Waals surface area contributed by atoms with Crippen LogP contribution in [0.25, 0.3) is 11.4 Å². The quantitative estimate of drug-likeness (QED) is 0.389. The van der Waals surface area contributed by atoms with Gasteiger partial charge in [-0.2, -0.15) is 5.10 Å². The molecule has 12 heteroatoms. The molecule has 0 aliphatic carbocycles. The molecule has 173 valence electrons. The highest BCUT2D eigenvalue weighted by Gasteiger charge is 2.33. The van der Waals surface area contributed by atoms with E-state index in [9.17, 15) is 13.6 Å². The maximum Gasteiger partial charge on any atom is 0.256 e. The van der Waals surface area contributed by atoms with Gasteiger partial charge in [0.05, 0.1) is 29.2 Å². The van der Waals surface area contributed by atoms with Crippen molar-refractivity contribution in [3.05, 3.63) is 71.1 Å². The first-order valence-electron chi connectivity index (χ1n) is 10.4. The number of nitrogens with two attached hydrogens (primary N) is 1. The summed E-state index contributed by atoms with van der Waals surface area (Å²) in [5, 5.41) is 12.6. The first-order valence-corrected chi connectivity index (χ1v) is 10.9. The van der Waals surface area contributed by atoms with Gasteiger partial charge >= 0.3 is 0 Å². The molecule has 3 aromatic rings. The first kappa shape index (κ1) is 22.0. The van der Waals surface area contributed by atoms with Gasteiger partial charge in [0.15, 0.2) is 0 Å². The number of hydrogen-bond acceptors (Lipinski definition) is 7. The molecule has 5 N–H and O–H groups in total. The molecule has 2 aliphatic rings. The number of nitrogens with zero attached hydrogens (tertiary/aromatic N) is 3. The van der Waals surface area contributed by atoms with Gasteiger partial charge in [-0.15, -0.1) is 0 Å². The van der Waals surface area contributed by atoms with E-state index < -0.39 is 28.9 Å². The second-order valence-corrected chi connectivity index (χ2v) is 9.27. The largest absolute Gasteiger partial charge is 0.474 e. The normalized spacial score (nSPS) is 22.4. The van der Waals surface area contributed by atoms with Crippen LogP contribution in [0.15, 0.2) is 42.7 Å². The molecule has 1 aromatic carbocycles. The van der Waals surface area contributed by atoms with Gasteiger partial charge in [0.1, 0.15) is 40.2 Å². The van der Waals surface area contributed by atoms with Crippen LogP contribution in [0.1, 0.15) is 28.4 Å². The standard InChI is InChI=1S/C22H20F2N7O2Si/c1-22(34)10-28-20(32)15-9-29-31-17(25)16(11-2-4-13(23)5-3-11)18(30-19(15)31)26-7-12-6-14(24)8-27-21(12)33-22/h2-6,8-9,18,26,30H,7,10,25H2,1H3,(H,28,32)/t18?,22-/m1/s1. The molecule has 9 nitrogen and oxygen atoms in total. The number of halogens is 2. The number of rotatable bonds is 1. The van der Waals surface area contributed by atoms with Gasteiger partial charge < -0.3 is 21.1 Å². The van der Waals surface area contributed by atoms with Crippen LogP contribution >= 0.6 is 0 Å². The summed E-state index contributed by atoms with van der Waals surface area (Å²) in [4.78, 5) is 17.0. The molecule has 1 amide bonds. The van der Waals surface area contributed by atoms with Crippen LogP contribution in [0.2, 0.25) is 0 Å². The lowest BCUT2D eigenvalue weighted by Crippen LogP contribution is -2.46. The van der Waals surface area contributed by atoms with E-state index in [0.29, 0.717) is 22.5 Å². The van der Waals surface area contributed by atoms with E-state index in [-0.39, 0.29) is 30.4 Å². The second kappa shape index (κ2) is 8.22. The van der Waals surface area contributed by atoms with Gasteiger partial charge in [0, 0.05) is 17.7 Å². The summed E-state index contributed by atoms with van der Waals surface area (Å²) in [7, 11) is 3.52. The minimum absolute atomic E-state index is 0.0782. The summed E-state index contributed by atoms with van der Waals surface area (Å²) in [5.41, 5.74) is 8.43. The number of fused-ring (bicyclic) bond motifs is 2. The Balaban J connectivity index is 1.64. The number of nitrogens with one attached hydrogen (secondary N) is 3. The fraction of sp³-hybridized carbons (Fsp3) is 0.227. The molecule has 1 unspecified atom stereocenters. The number of pyridine rings is 1. The highest BCUT2D eigenvalue weighted by atomic mass is 28.1. The number of carbonyl (C=O) groups excluding carboxylic acids is 1. The van der Waals surface area contributed by atoms with E-state index in [1.165, 1.54) is 29.1 Å². The zero-order chi connectivity index (χ0) is 24.0. The SMILES string of the molecule is C[C@@]1([Si])CNC(=O)c2cnn3c2NC(NCc2cc(F)cnc2O1)C(c1ccc(F)cc1)=C3N. The minimum atomic E-state index is -1.02. The average Bonchev–Trinajstić information content (AvgIpc) is 3.22. The van der Waals surface area contributed by atoms with Crippen LogP contribution in [0.3, 0.4) is 0 Å². The Morgan fingerprint density at radius 1 is 1.24 bits per heavy atom. The van der Waals surface area contributed by atoms with Gasteiger partial charge in [-0.1, -0.05) is 12.1 Å². The maximum atomic E-state index is 14.0. The number of hydrogen-bond donors (Lipinski definition) is 4. The zero-order valence-corrected chi connectivity index (χ0v) is 19.0. The molecule has 2 atom stereocenters. The van der Waals surface area contributed by atoms with Crippen molar-refractivity contribution >= 4 is 33.4 Å². The van der Waals surface area contributed by atoms with E-state index in [1.807, 2.05) is 0 Å². The van der Waals surface area contributed by atoms with Crippen LogP contribution in [-0.4, -0.2) is 48.8 Å². The van der Waals surface area contributed by atoms with Crippen LogP contribution < -0.4 is 26.4 Å². The van der Waals surface area contributed by atoms with E-state index in [4.69, 9.17) is 10.5 Å². The molecular weight excluding hydrogens is 460 g/mol. The average molecular weight is 481 g/mol. The lowest BCUT2D eigenvalue weighted by Gasteiger charge is -2.31. The van der Waals surface area contributed by atoms with Gasteiger partial charge in [0.2, 0.25) is 5.88 Å². The molecule has 5 rings (SSSR count). The van der Waals surface area contributed by atoms with Gasteiger partial charge in [-0.3, -0.25) is 10.1 Å². The number of anilines is 1. The Morgan fingerprint density at radius 3 is 2.76 bits per heavy atom. The maximum absolute atomic E-state index is 14.0. The lowest BCUT2D eigenvalue weighted by atomic mass is 10.0. The molecule has 2 aromatic heterocycles. The third-order valence-corrected chi connectivity index (χ3v) is 5.82. The van der Waals surface area contributed by atoms with Crippen molar-refractivity contribution in [1.82, 2.24) is 25.4 Å². The van der Waals surface area contributed by atoms with E-state index in [1.54, 1.807) is 19.1 Å². The first-order chi connectivity index (χ1) is 16.2. The Hall–Kier alpha value is -3.77. The van der Waals surface area contributed by atoms with Gasteiger partial charge in [-0.25, -0.2) is 18.4 Å². The van der Waals surface area contributed by atoms with Crippen molar-refractivity contribution in [1.29, 1.82) is 0 Å². The predicted octanol–water partition coefficient (Wildman–Crippen LogP) is 1.39. The molecule has 0 fully saturated rings. The summed E-state index contributed by atoms with van der Waals surface area (Å²) in [6.45, 7) is 1.93. The topological polar surface area (TPSA) is 119 Å². The summed E-state index contributed by atoms with van der Waals surface area (Å²) in [6, 6.07) is 7.16. The number of benzene rings is 1. The molecule has 0 saturated carbocycles. The highest BCUT2D eigenvalue weighted by Crippen LogP contribution is 2.33. The van der Waals surface area contributed by atoms with Crippen molar-refractivity contribution in [2.75, 3.05) is 11.9 Å². The van der Waals surface area contributed by atoms with Crippen molar-refractivity contribution < 1.29 is 18.3 Å². The fourth-order valence-corrected chi connectivity index (χ4v) is 4.08. The van der Waals surface area contributed by atoms with Gasteiger partial charge in [0.25, 0.3) is 5.91 Å². The monoisotopic (exact) mass is 480 g/mol. The molecule has 2 bridgehead atoms. The van der Waals surface area contributed by atoms with E-state index in [0.717, 1.165) is 6.20 Å².